The molecule has 1 aromatic carbocycles. The largest absolute Gasteiger partial charge is 0.389 e. The Labute approximate surface area is 107 Å². The third-order valence-electron chi connectivity index (χ3n) is 3.32. The van der Waals surface area contributed by atoms with Gasteiger partial charge in [-0.05, 0) is 30.0 Å². The van der Waals surface area contributed by atoms with Crippen molar-refractivity contribution < 1.29 is 14.3 Å². The Morgan fingerprint density at radius 2 is 2.00 bits per heavy atom. The number of ether oxygens (including phenoxy) is 1. The van der Waals surface area contributed by atoms with E-state index in [2.05, 4.69) is 11.7 Å². The molecule has 1 aromatic rings. The Balaban J connectivity index is 2.14. The molecule has 0 unspecified atom stereocenters. The molecule has 0 N–H and O–H groups in total. The zero-order chi connectivity index (χ0) is 13.0. The summed E-state index contributed by atoms with van der Waals surface area (Å²) >= 11 is 0. The minimum atomic E-state index is -0.503. The average Bonchev–Trinajstić information content (AvgIpc) is 2.35. The standard InChI is InChI=1S/C15H18O3/c1-2-3-4-5-7-11-8-6-9-12-13(11)10-14(16)18-15(12)17/h6,8-9H,2-5,7,10H2,1H3. The van der Waals surface area contributed by atoms with Crippen LogP contribution < -0.4 is 0 Å². The van der Waals surface area contributed by atoms with E-state index in [0.717, 1.165) is 24.0 Å². The summed E-state index contributed by atoms with van der Waals surface area (Å²) in [5.74, 6) is -0.940. The fourth-order valence-electron chi connectivity index (χ4n) is 2.35. The van der Waals surface area contributed by atoms with Crippen molar-refractivity contribution in [3.63, 3.8) is 0 Å². The van der Waals surface area contributed by atoms with Gasteiger partial charge in [-0.2, -0.15) is 0 Å². The smallest absolute Gasteiger partial charge is 0.346 e. The number of aryl methyl sites for hydroxylation is 1. The highest BCUT2D eigenvalue weighted by Crippen LogP contribution is 2.23. The van der Waals surface area contributed by atoms with Crippen LogP contribution in [0.25, 0.3) is 0 Å². The molecule has 0 amide bonds. The van der Waals surface area contributed by atoms with E-state index < -0.39 is 11.9 Å². The first kappa shape index (κ1) is 12.8. The molecule has 0 aliphatic carbocycles. The lowest BCUT2D eigenvalue weighted by Crippen LogP contribution is -2.24. The highest BCUT2D eigenvalue weighted by atomic mass is 16.6. The first-order valence-electron chi connectivity index (χ1n) is 6.58. The van der Waals surface area contributed by atoms with Crippen LogP contribution in [0.2, 0.25) is 0 Å². The van der Waals surface area contributed by atoms with Gasteiger partial charge in [-0.15, -0.1) is 0 Å². The first-order chi connectivity index (χ1) is 8.72. The lowest BCUT2D eigenvalue weighted by molar-refractivity contribution is -0.137. The normalized spacial score (nSPS) is 14.3. The Morgan fingerprint density at radius 3 is 2.78 bits per heavy atom. The van der Waals surface area contributed by atoms with Gasteiger partial charge in [-0.3, -0.25) is 4.79 Å². The van der Waals surface area contributed by atoms with Gasteiger partial charge in [0.2, 0.25) is 0 Å². The Kier molecular flexibility index (Phi) is 4.13. The maximum Gasteiger partial charge on any atom is 0.346 e. The van der Waals surface area contributed by atoms with E-state index in [1.165, 1.54) is 19.3 Å². The van der Waals surface area contributed by atoms with Crippen LogP contribution in [-0.4, -0.2) is 11.9 Å². The number of fused-ring (bicyclic) bond motifs is 1. The monoisotopic (exact) mass is 246 g/mol. The van der Waals surface area contributed by atoms with Crippen LogP contribution in [0.3, 0.4) is 0 Å². The summed E-state index contributed by atoms with van der Waals surface area (Å²) in [5, 5.41) is 0. The number of carbonyl (C=O) groups is 2. The predicted molar refractivity (Wildman–Crippen MR) is 68.4 cm³/mol. The molecule has 18 heavy (non-hydrogen) atoms. The Morgan fingerprint density at radius 1 is 1.17 bits per heavy atom. The molecule has 0 spiro atoms. The highest BCUT2D eigenvalue weighted by molar-refractivity contribution is 6.02. The number of esters is 2. The molecule has 0 saturated heterocycles. The Hall–Kier alpha value is -1.64. The van der Waals surface area contributed by atoms with Crippen molar-refractivity contribution in [2.75, 3.05) is 0 Å². The predicted octanol–water partition coefficient (Wildman–Crippen LogP) is 3.05. The van der Waals surface area contributed by atoms with Gasteiger partial charge >= 0.3 is 11.9 Å². The van der Waals surface area contributed by atoms with Gasteiger partial charge in [-0.1, -0.05) is 38.3 Å². The molecule has 1 aliphatic rings. The van der Waals surface area contributed by atoms with Crippen molar-refractivity contribution in [3.05, 3.63) is 34.9 Å². The summed E-state index contributed by atoms with van der Waals surface area (Å²) in [5.41, 5.74) is 2.55. The van der Waals surface area contributed by atoms with Gasteiger partial charge in [0.25, 0.3) is 0 Å². The molecular formula is C15H18O3. The van der Waals surface area contributed by atoms with E-state index in [1.807, 2.05) is 12.1 Å². The molecule has 1 aliphatic heterocycles. The lowest BCUT2D eigenvalue weighted by atomic mass is 9.93. The van der Waals surface area contributed by atoms with E-state index in [9.17, 15) is 9.59 Å². The van der Waals surface area contributed by atoms with E-state index in [-0.39, 0.29) is 6.42 Å². The van der Waals surface area contributed by atoms with Crippen molar-refractivity contribution in [2.24, 2.45) is 0 Å². The molecule has 0 atom stereocenters. The van der Waals surface area contributed by atoms with E-state index >= 15 is 0 Å². The van der Waals surface area contributed by atoms with Gasteiger partial charge in [0.15, 0.2) is 0 Å². The highest BCUT2D eigenvalue weighted by Gasteiger charge is 2.26. The van der Waals surface area contributed by atoms with Gasteiger partial charge in [0.1, 0.15) is 0 Å². The van der Waals surface area contributed by atoms with Crippen LogP contribution in [-0.2, 0) is 22.4 Å². The maximum absolute atomic E-state index is 11.6. The number of rotatable bonds is 5. The van der Waals surface area contributed by atoms with Gasteiger partial charge in [0.05, 0.1) is 12.0 Å². The second kappa shape index (κ2) is 5.80. The number of cyclic esters (lactones) is 2. The lowest BCUT2D eigenvalue weighted by Gasteiger charge is -2.17. The molecule has 0 radical (unpaired) electrons. The van der Waals surface area contributed by atoms with Crippen LogP contribution >= 0.6 is 0 Å². The van der Waals surface area contributed by atoms with Gasteiger partial charge < -0.3 is 4.74 Å². The van der Waals surface area contributed by atoms with Crippen molar-refractivity contribution in [3.8, 4) is 0 Å². The molecule has 3 heteroatoms. The third kappa shape index (κ3) is 2.78. The number of unbranched alkanes of at least 4 members (excludes halogenated alkanes) is 3. The number of hydrogen-bond acceptors (Lipinski definition) is 3. The minimum Gasteiger partial charge on any atom is -0.389 e. The second-order valence-corrected chi connectivity index (χ2v) is 4.69. The number of hydrogen-bond donors (Lipinski definition) is 0. The number of benzene rings is 1. The van der Waals surface area contributed by atoms with Crippen LogP contribution in [0.4, 0.5) is 0 Å². The third-order valence-corrected chi connectivity index (χ3v) is 3.32. The van der Waals surface area contributed by atoms with E-state index in [4.69, 9.17) is 0 Å². The SMILES string of the molecule is CCCCCCc1cccc2c1CC(=O)OC2=O. The summed E-state index contributed by atoms with van der Waals surface area (Å²) in [6.45, 7) is 2.18. The first-order valence-corrected chi connectivity index (χ1v) is 6.58. The van der Waals surface area contributed by atoms with Crippen molar-refractivity contribution in [1.82, 2.24) is 0 Å². The van der Waals surface area contributed by atoms with Gasteiger partial charge in [-0.25, -0.2) is 4.79 Å². The second-order valence-electron chi connectivity index (χ2n) is 4.69. The number of carbonyl (C=O) groups excluding carboxylic acids is 2. The minimum absolute atomic E-state index is 0.227. The molecule has 0 aromatic heterocycles. The Bertz CT molecular complexity index is 463. The molecule has 0 bridgehead atoms. The van der Waals surface area contributed by atoms with Crippen LogP contribution in [0, 0.1) is 0 Å². The van der Waals surface area contributed by atoms with Crippen LogP contribution in [0.1, 0.15) is 54.1 Å². The summed E-state index contributed by atoms with van der Waals surface area (Å²) in [7, 11) is 0. The van der Waals surface area contributed by atoms with Crippen LogP contribution in [0.5, 0.6) is 0 Å². The average molecular weight is 246 g/mol. The molecule has 96 valence electrons. The summed E-state index contributed by atoms with van der Waals surface area (Å²) < 4.78 is 4.63. The summed E-state index contributed by atoms with van der Waals surface area (Å²) in [6.07, 6.45) is 5.90. The summed E-state index contributed by atoms with van der Waals surface area (Å²) in [6, 6.07) is 5.61. The maximum atomic E-state index is 11.6. The van der Waals surface area contributed by atoms with Crippen molar-refractivity contribution in [2.45, 2.75) is 45.4 Å². The van der Waals surface area contributed by atoms with E-state index in [1.54, 1.807) is 6.07 Å². The van der Waals surface area contributed by atoms with Crippen molar-refractivity contribution >= 4 is 11.9 Å². The fraction of sp³-hybridized carbons (Fsp3) is 0.467. The molecule has 3 nitrogen and oxygen atoms in total. The van der Waals surface area contributed by atoms with Crippen molar-refractivity contribution in [1.29, 1.82) is 0 Å². The molecular weight excluding hydrogens is 228 g/mol. The van der Waals surface area contributed by atoms with Gasteiger partial charge in [0, 0.05) is 0 Å². The van der Waals surface area contributed by atoms with E-state index in [0.29, 0.717) is 5.56 Å². The molecule has 1 heterocycles. The fourth-order valence-corrected chi connectivity index (χ4v) is 2.35. The quantitative estimate of drug-likeness (QED) is 0.455. The summed E-state index contributed by atoms with van der Waals surface area (Å²) in [4.78, 5) is 22.9. The molecule has 2 rings (SSSR count). The zero-order valence-corrected chi connectivity index (χ0v) is 10.7. The molecule has 0 saturated carbocycles. The zero-order valence-electron chi connectivity index (χ0n) is 10.7. The topological polar surface area (TPSA) is 43.4 Å². The molecule has 0 fully saturated rings. The van der Waals surface area contributed by atoms with Crippen LogP contribution in [0.15, 0.2) is 18.2 Å².